The Kier molecular flexibility index (Phi) is 12.5. The number of carbonyl (C=O) groups excluding carboxylic acids is 2. The highest BCUT2D eigenvalue weighted by Crippen LogP contribution is 2.15. The second-order valence-corrected chi connectivity index (χ2v) is 11.4. The maximum Gasteiger partial charge on any atom is 0.407 e. The van der Waals surface area contributed by atoms with Crippen LogP contribution in [0.3, 0.4) is 0 Å². The van der Waals surface area contributed by atoms with E-state index in [4.69, 9.17) is 4.74 Å². The highest BCUT2D eigenvalue weighted by molar-refractivity contribution is 5.82. The molecule has 0 saturated carbocycles. The molecule has 0 aliphatic rings. The molecule has 3 aromatic carbocycles. The zero-order valence-electron chi connectivity index (χ0n) is 24.4. The molecule has 0 bridgehead atoms. The van der Waals surface area contributed by atoms with Crippen molar-refractivity contribution in [1.29, 1.82) is 0 Å². The van der Waals surface area contributed by atoms with Crippen molar-refractivity contribution in [3.63, 3.8) is 0 Å². The van der Waals surface area contributed by atoms with Crippen molar-refractivity contribution in [3.8, 4) is 0 Å². The molecule has 0 aliphatic heterocycles. The second-order valence-electron chi connectivity index (χ2n) is 11.4. The number of benzene rings is 3. The van der Waals surface area contributed by atoms with Gasteiger partial charge in [-0.25, -0.2) is 4.79 Å². The van der Waals surface area contributed by atoms with Crippen LogP contribution in [0.5, 0.6) is 0 Å². The largest absolute Gasteiger partial charge is 0.444 e. The predicted octanol–water partition coefficient (Wildman–Crippen LogP) is 2.89. The van der Waals surface area contributed by atoms with Crippen molar-refractivity contribution < 1.29 is 29.6 Å². The van der Waals surface area contributed by atoms with Gasteiger partial charge in [0.1, 0.15) is 5.60 Å². The number of hydrogen-bond donors (Lipinski definition) is 6. The summed E-state index contributed by atoms with van der Waals surface area (Å²) in [6, 6.07) is 26.1. The van der Waals surface area contributed by atoms with E-state index >= 15 is 0 Å². The SMILES string of the molecule is CC(C)(C)OC(=O)N[C@@H](Cc1ccccc1)[C@H](O)CNCC(O)[C@H](Cc1ccccc1)NC(=O)[C@H](O)c1ccccc1. The molecule has 0 saturated heterocycles. The Morgan fingerprint density at radius 2 is 1.12 bits per heavy atom. The molecule has 0 radical (unpaired) electrons. The number of carbonyl (C=O) groups is 2. The Labute approximate surface area is 247 Å². The third-order valence-electron chi connectivity index (χ3n) is 6.63. The van der Waals surface area contributed by atoms with Crippen molar-refractivity contribution >= 4 is 12.0 Å². The first-order valence-corrected chi connectivity index (χ1v) is 14.2. The second kappa shape index (κ2) is 16.0. The maximum atomic E-state index is 12.9. The van der Waals surface area contributed by atoms with Gasteiger partial charge in [0.15, 0.2) is 6.10 Å². The van der Waals surface area contributed by atoms with E-state index in [1.54, 1.807) is 51.1 Å². The van der Waals surface area contributed by atoms with Gasteiger partial charge >= 0.3 is 6.09 Å². The van der Waals surface area contributed by atoms with Crippen molar-refractivity contribution in [3.05, 3.63) is 108 Å². The van der Waals surface area contributed by atoms with Crippen LogP contribution < -0.4 is 16.0 Å². The summed E-state index contributed by atoms with van der Waals surface area (Å²) in [6.45, 7) is 5.40. The molecule has 3 aromatic rings. The topological polar surface area (TPSA) is 140 Å². The van der Waals surface area contributed by atoms with Gasteiger partial charge < -0.3 is 36.0 Å². The van der Waals surface area contributed by atoms with E-state index in [-0.39, 0.29) is 13.1 Å². The lowest BCUT2D eigenvalue weighted by Gasteiger charge is -2.29. The summed E-state index contributed by atoms with van der Waals surface area (Å²) in [7, 11) is 0. The lowest BCUT2D eigenvalue weighted by atomic mass is 9.99. The summed E-state index contributed by atoms with van der Waals surface area (Å²) in [5.41, 5.74) is 1.59. The summed E-state index contributed by atoms with van der Waals surface area (Å²) >= 11 is 0. The van der Waals surface area contributed by atoms with Crippen LogP contribution in [0.4, 0.5) is 4.79 Å². The van der Waals surface area contributed by atoms with Crippen LogP contribution >= 0.6 is 0 Å². The van der Waals surface area contributed by atoms with E-state index < -0.39 is 48.0 Å². The predicted molar refractivity (Wildman–Crippen MR) is 162 cm³/mol. The van der Waals surface area contributed by atoms with Gasteiger partial charge in [-0.3, -0.25) is 4.79 Å². The zero-order chi connectivity index (χ0) is 30.5. The Hall–Kier alpha value is -3.76. The molecule has 0 fully saturated rings. The minimum Gasteiger partial charge on any atom is -0.444 e. The van der Waals surface area contributed by atoms with Gasteiger partial charge in [0.2, 0.25) is 0 Å². The quantitative estimate of drug-likeness (QED) is 0.173. The number of aliphatic hydroxyl groups excluding tert-OH is 3. The average molecular weight is 578 g/mol. The molecule has 0 heterocycles. The number of aliphatic hydroxyl groups is 3. The number of alkyl carbamates (subject to hydrolysis) is 1. The van der Waals surface area contributed by atoms with E-state index in [2.05, 4.69) is 16.0 Å². The van der Waals surface area contributed by atoms with Crippen molar-refractivity contribution in [2.45, 2.75) is 69.6 Å². The summed E-state index contributed by atoms with van der Waals surface area (Å²) in [6.07, 6.45) is -3.37. The molecule has 0 spiro atoms. The van der Waals surface area contributed by atoms with Crippen molar-refractivity contribution in [1.82, 2.24) is 16.0 Å². The highest BCUT2D eigenvalue weighted by Gasteiger charge is 2.28. The van der Waals surface area contributed by atoms with Gasteiger partial charge in [-0.2, -0.15) is 0 Å². The number of nitrogens with one attached hydrogen (secondary N) is 3. The fourth-order valence-corrected chi connectivity index (χ4v) is 4.47. The molecule has 1 unspecified atom stereocenters. The molecule has 0 aliphatic carbocycles. The molecule has 226 valence electrons. The van der Waals surface area contributed by atoms with Crippen molar-refractivity contribution in [2.24, 2.45) is 0 Å². The lowest BCUT2D eigenvalue weighted by molar-refractivity contribution is -0.131. The van der Waals surface area contributed by atoms with Crippen LogP contribution in [0.25, 0.3) is 0 Å². The van der Waals surface area contributed by atoms with Gasteiger partial charge in [0.25, 0.3) is 5.91 Å². The van der Waals surface area contributed by atoms with Gasteiger partial charge in [0.05, 0.1) is 24.3 Å². The van der Waals surface area contributed by atoms with Crippen LogP contribution in [0, 0.1) is 0 Å². The van der Waals surface area contributed by atoms with E-state index in [0.717, 1.165) is 11.1 Å². The first-order valence-electron chi connectivity index (χ1n) is 14.2. The first-order chi connectivity index (χ1) is 20.0. The summed E-state index contributed by atoms with van der Waals surface area (Å²) < 4.78 is 5.39. The van der Waals surface area contributed by atoms with Crippen LogP contribution in [-0.2, 0) is 22.4 Å². The van der Waals surface area contributed by atoms with Gasteiger partial charge in [-0.1, -0.05) is 91.0 Å². The van der Waals surface area contributed by atoms with E-state index in [1.165, 1.54) is 0 Å². The van der Waals surface area contributed by atoms with Crippen LogP contribution in [0.1, 0.15) is 43.6 Å². The van der Waals surface area contributed by atoms with E-state index in [0.29, 0.717) is 18.4 Å². The molecule has 42 heavy (non-hydrogen) atoms. The third-order valence-corrected chi connectivity index (χ3v) is 6.63. The Morgan fingerprint density at radius 1 is 0.690 bits per heavy atom. The molecule has 6 N–H and O–H groups in total. The summed E-state index contributed by atoms with van der Waals surface area (Å²) in [5.74, 6) is -0.620. The van der Waals surface area contributed by atoms with Crippen LogP contribution in [0.15, 0.2) is 91.0 Å². The molecule has 2 amide bonds. The summed E-state index contributed by atoms with van der Waals surface area (Å²) in [5, 5.41) is 41.3. The Morgan fingerprint density at radius 3 is 1.57 bits per heavy atom. The van der Waals surface area contributed by atoms with E-state index in [1.807, 2.05) is 60.7 Å². The Bertz CT molecular complexity index is 1220. The monoisotopic (exact) mass is 577 g/mol. The van der Waals surface area contributed by atoms with Crippen molar-refractivity contribution in [2.75, 3.05) is 13.1 Å². The van der Waals surface area contributed by atoms with Crippen LogP contribution in [-0.4, -0.2) is 70.3 Å². The minimum absolute atomic E-state index is 0.0424. The number of ether oxygens (including phenoxy) is 1. The smallest absolute Gasteiger partial charge is 0.407 e. The normalized spacial score (nSPS) is 15.1. The average Bonchev–Trinajstić information content (AvgIpc) is 2.96. The van der Waals surface area contributed by atoms with Gasteiger partial charge in [-0.15, -0.1) is 0 Å². The third kappa shape index (κ3) is 11.3. The molecule has 9 heteroatoms. The molecular weight excluding hydrogens is 534 g/mol. The molecular formula is C33H43N3O6. The maximum absolute atomic E-state index is 12.9. The molecule has 9 nitrogen and oxygen atoms in total. The number of amides is 2. The standard InChI is InChI=1S/C33H43N3O6/c1-33(2,3)42-32(41)36-27(20-24-15-9-5-10-16-24)29(38)22-34-21-28(37)26(19-23-13-7-4-8-14-23)35-31(40)30(39)25-17-11-6-12-18-25/h4-18,26-30,34,37-39H,19-22H2,1-3H3,(H,35,40)(H,36,41)/t26-,27-,28?,29+,30+/m0/s1. The highest BCUT2D eigenvalue weighted by atomic mass is 16.6. The lowest BCUT2D eigenvalue weighted by Crippen LogP contribution is -2.53. The Balaban J connectivity index is 1.64. The molecule has 5 atom stereocenters. The van der Waals surface area contributed by atoms with Gasteiger partial charge in [0, 0.05) is 13.1 Å². The summed E-state index contributed by atoms with van der Waals surface area (Å²) in [4.78, 5) is 25.4. The van der Waals surface area contributed by atoms with E-state index in [9.17, 15) is 24.9 Å². The first kappa shape index (κ1) is 32.8. The van der Waals surface area contributed by atoms with Crippen LogP contribution in [0.2, 0.25) is 0 Å². The molecule has 3 rings (SSSR count). The fraction of sp³-hybridized carbons (Fsp3) is 0.394. The molecule has 0 aromatic heterocycles. The zero-order valence-corrected chi connectivity index (χ0v) is 24.4. The number of rotatable bonds is 14. The number of hydrogen-bond acceptors (Lipinski definition) is 7. The fourth-order valence-electron chi connectivity index (χ4n) is 4.47. The minimum atomic E-state index is -1.39. The van der Waals surface area contributed by atoms with Gasteiger partial charge in [-0.05, 0) is 50.3 Å².